The lowest BCUT2D eigenvalue weighted by molar-refractivity contribution is 0.0535. The minimum absolute atomic E-state index is 0.225. The van der Waals surface area contributed by atoms with Crippen LogP contribution in [-0.2, 0) is 4.74 Å². The van der Waals surface area contributed by atoms with Gasteiger partial charge in [0.1, 0.15) is 5.60 Å². The number of hydrogen-bond donors (Lipinski definition) is 2. The third kappa shape index (κ3) is 5.26. The number of amides is 1. The van der Waals surface area contributed by atoms with Crippen LogP contribution < -0.4 is 11.1 Å². The average Bonchev–Trinajstić information content (AvgIpc) is 2.24. The first kappa shape index (κ1) is 13.9. The summed E-state index contributed by atoms with van der Waals surface area (Å²) in [6, 6.07) is 7.32. The molecule has 0 spiro atoms. The highest BCUT2D eigenvalue weighted by Gasteiger charge is 2.14. The number of anilines is 1. The van der Waals surface area contributed by atoms with Gasteiger partial charge in [-0.2, -0.15) is 0 Å². The van der Waals surface area contributed by atoms with Gasteiger partial charge in [0.15, 0.2) is 0 Å². The van der Waals surface area contributed by atoms with E-state index < -0.39 is 11.7 Å². The summed E-state index contributed by atoms with van der Waals surface area (Å²) >= 11 is 0. The number of nitrogens with two attached hydrogens (primary N) is 1. The third-order valence-electron chi connectivity index (χ3n) is 1.90. The normalized spacial score (nSPS) is 10.2. The van der Waals surface area contributed by atoms with Crippen molar-refractivity contribution in [2.45, 2.75) is 26.4 Å². The fraction of sp³-hybridized carbons (Fsp3) is 0.357. The Morgan fingerprint density at radius 1 is 1.39 bits per heavy atom. The maximum absolute atomic E-state index is 11.3. The van der Waals surface area contributed by atoms with Crippen molar-refractivity contribution in [3.05, 3.63) is 29.8 Å². The highest BCUT2D eigenvalue weighted by molar-refractivity contribution is 5.68. The van der Waals surface area contributed by atoms with E-state index in [2.05, 4.69) is 17.2 Å². The van der Waals surface area contributed by atoms with E-state index in [1.807, 2.05) is 39.0 Å². The fourth-order valence-corrected chi connectivity index (χ4v) is 1.18. The summed E-state index contributed by atoms with van der Waals surface area (Å²) in [5, 5.41) is 2.55. The maximum atomic E-state index is 11.3. The van der Waals surface area contributed by atoms with E-state index in [1.54, 1.807) is 6.07 Å². The molecule has 18 heavy (non-hydrogen) atoms. The molecule has 0 radical (unpaired) electrons. The predicted molar refractivity (Wildman–Crippen MR) is 72.0 cm³/mol. The standard InChI is InChI=1S/C14H18N2O2/c1-14(2,3)18-13(17)16-10-6-8-11-7-4-5-9-12(11)15/h4-5,7,9H,10,15H2,1-3H3,(H,16,17). The Morgan fingerprint density at radius 2 is 2.06 bits per heavy atom. The first-order valence-corrected chi connectivity index (χ1v) is 5.69. The number of carbonyl (C=O) groups is 1. The largest absolute Gasteiger partial charge is 0.444 e. The topological polar surface area (TPSA) is 64.3 Å². The van der Waals surface area contributed by atoms with Crippen LogP contribution in [0, 0.1) is 11.8 Å². The lowest BCUT2D eigenvalue weighted by atomic mass is 10.2. The van der Waals surface area contributed by atoms with Crippen molar-refractivity contribution in [3.63, 3.8) is 0 Å². The molecule has 0 aliphatic carbocycles. The molecule has 0 saturated carbocycles. The van der Waals surface area contributed by atoms with Crippen LogP contribution in [-0.4, -0.2) is 18.2 Å². The number of nitrogens with one attached hydrogen (secondary N) is 1. The average molecular weight is 246 g/mol. The lowest BCUT2D eigenvalue weighted by Crippen LogP contribution is -2.32. The van der Waals surface area contributed by atoms with Gasteiger partial charge in [0.05, 0.1) is 6.54 Å². The van der Waals surface area contributed by atoms with Crippen LogP contribution in [0.1, 0.15) is 26.3 Å². The minimum Gasteiger partial charge on any atom is -0.444 e. The highest BCUT2D eigenvalue weighted by atomic mass is 16.6. The van der Waals surface area contributed by atoms with Gasteiger partial charge in [0.25, 0.3) is 0 Å². The Bertz CT molecular complexity index is 479. The summed E-state index contributed by atoms with van der Waals surface area (Å²) in [5.74, 6) is 5.70. The van der Waals surface area contributed by atoms with Crippen molar-refractivity contribution in [2.75, 3.05) is 12.3 Å². The smallest absolute Gasteiger partial charge is 0.408 e. The number of para-hydroxylation sites is 1. The van der Waals surface area contributed by atoms with E-state index in [9.17, 15) is 4.79 Å². The monoisotopic (exact) mass is 246 g/mol. The van der Waals surface area contributed by atoms with Gasteiger partial charge in [-0.15, -0.1) is 0 Å². The number of ether oxygens (including phenoxy) is 1. The zero-order valence-electron chi connectivity index (χ0n) is 10.9. The molecule has 0 aromatic heterocycles. The number of hydrogen-bond acceptors (Lipinski definition) is 3. The molecule has 1 amide bonds. The van der Waals surface area contributed by atoms with Crippen molar-refractivity contribution < 1.29 is 9.53 Å². The van der Waals surface area contributed by atoms with Gasteiger partial charge >= 0.3 is 6.09 Å². The van der Waals surface area contributed by atoms with Crippen LogP contribution >= 0.6 is 0 Å². The molecule has 0 heterocycles. The Hall–Kier alpha value is -2.15. The maximum Gasteiger partial charge on any atom is 0.408 e. The molecule has 0 fully saturated rings. The molecule has 0 bridgehead atoms. The van der Waals surface area contributed by atoms with Crippen molar-refractivity contribution in [3.8, 4) is 11.8 Å². The molecule has 0 unspecified atom stereocenters. The second kappa shape index (κ2) is 5.97. The third-order valence-corrected chi connectivity index (χ3v) is 1.90. The van der Waals surface area contributed by atoms with Gasteiger partial charge in [0.2, 0.25) is 0 Å². The summed E-state index contributed by atoms with van der Waals surface area (Å²) in [7, 11) is 0. The fourth-order valence-electron chi connectivity index (χ4n) is 1.18. The number of benzene rings is 1. The second-order valence-corrected chi connectivity index (χ2v) is 4.74. The summed E-state index contributed by atoms with van der Waals surface area (Å²) in [4.78, 5) is 11.3. The summed E-state index contributed by atoms with van der Waals surface area (Å²) in [6.07, 6.45) is -0.474. The molecule has 4 nitrogen and oxygen atoms in total. The van der Waals surface area contributed by atoms with Crippen LogP contribution in [0.4, 0.5) is 10.5 Å². The minimum atomic E-state index is -0.499. The lowest BCUT2D eigenvalue weighted by Gasteiger charge is -2.19. The zero-order chi connectivity index (χ0) is 13.6. The van der Waals surface area contributed by atoms with E-state index in [0.717, 1.165) is 5.56 Å². The van der Waals surface area contributed by atoms with Crippen molar-refractivity contribution in [1.29, 1.82) is 0 Å². The van der Waals surface area contributed by atoms with Gasteiger partial charge in [-0.3, -0.25) is 0 Å². The predicted octanol–water partition coefficient (Wildman–Crippen LogP) is 2.15. The Balaban J connectivity index is 2.44. The Kier molecular flexibility index (Phi) is 4.61. The second-order valence-electron chi connectivity index (χ2n) is 4.74. The van der Waals surface area contributed by atoms with Crippen LogP contribution in [0.5, 0.6) is 0 Å². The molecule has 1 aromatic carbocycles. The first-order chi connectivity index (χ1) is 8.38. The zero-order valence-corrected chi connectivity index (χ0v) is 10.9. The van der Waals surface area contributed by atoms with Crippen LogP contribution in [0.2, 0.25) is 0 Å². The molecule has 1 aromatic rings. The first-order valence-electron chi connectivity index (χ1n) is 5.69. The van der Waals surface area contributed by atoms with Crippen molar-refractivity contribution in [1.82, 2.24) is 5.32 Å². The number of carbonyl (C=O) groups excluding carboxylic acids is 1. The summed E-state index contributed by atoms with van der Waals surface area (Å²) < 4.78 is 5.07. The van der Waals surface area contributed by atoms with Gasteiger partial charge in [-0.25, -0.2) is 4.79 Å². The Labute approximate surface area is 108 Å². The van der Waals surface area contributed by atoms with Crippen LogP contribution in [0.3, 0.4) is 0 Å². The van der Waals surface area contributed by atoms with Crippen LogP contribution in [0.15, 0.2) is 24.3 Å². The molecule has 0 aliphatic heterocycles. The van der Waals surface area contributed by atoms with Gasteiger partial charge in [-0.05, 0) is 32.9 Å². The van der Waals surface area contributed by atoms with Crippen molar-refractivity contribution in [2.24, 2.45) is 0 Å². The molecule has 1 rings (SSSR count). The van der Waals surface area contributed by atoms with Crippen LogP contribution in [0.25, 0.3) is 0 Å². The van der Waals surface area contributed by atoms with E-state index >= 15 is 0 Å². The van der Waals surface area contributed by atoms with Crippen molar-refractivity contribution >= 4 is 11.8 Å². The van der Waals surface area contributed by atoms with Gasteiger partial charge in [0, 0.05) is 11.3 Å². The summed E-state index contributed by atoms with van der Waals surface area (Å²) in [5.41, 5.74) is 6.61. The van der Waals surface area contributed by atoms with E-state index in [4.69, 9.17) is 10.5 Å². The Morgan fingerprint density at radius 3 is 2.67 bits per heavy atom. The van der Waals surface area contributed by atoms with E-state index in [1.165, 1.54) is 0 Å². The molecule has 4 heteroatoms. The number of alkyl carbamates (subject to hydrolysis) is 1. The SMILES string of the molecule is CC(C)(C)OC(=O)NCC#Cc1ccccc1N. The summed E-state index contributed by atoms with van der Waals surface area (Å²) in [6.45, 7) is 5.65. The van der Waals surface area contributed by atoms with Gasteiger partial charge in [-0.1, -0.05) is 24.0 Å². The molecular formula is C14H18N2O2. The molecule has 0 aliphatic rings. The number of nitrogen functional groups attached to an aromatic ring is 1. The molecular weight excluding hydrogens is 228 g/mol. The highest BCUT2D eigenvalue weighted by Crippen LogP contribution is 2.08. The molecule has 3 N–H and O–H groups in total. The molecule has 0 atom stereocenters. The quantitative estimate of drug-likeness (QED) is 0.589. The molecule has 0 saturated heterocycles. The number of rotatable bonds is 1. The van der Waals surface area contributed by atoms with E-state index in [0.29, 0.717) is 5.69 Å². The van der Waals surface area contributed by atoms with Gasteiger partial charge < -0.3 is 15.8 Å². The van der Waals surface area contributed by atoms with E-state index in [-0.39, 0.29) is 6.54 Å². The molecule has 96 valence electrons.